The van der Waals surface area contributed by atoms with Crippen molar-refractivity contribution < 1.29 is 13.9 Å². The van der Waals surface area contributed by atoms with E-state index in [1.54, 1.807) is 0 Å². The first-order chi connectivity index (χ1) is 8.70. The first kappa shape index (κ1) is 13.0. The molecule has 1 aliphatic carbocycles. The summed E-state index contributed by atoms with van der Waals surface area (Å²) < 4.78 is 18.4. The van der Waals surface area contributed by atoms with Gasteiger partial charge in [0.1, 0.15) is 6.10 Å². The number of halogens is 1. The van der Waals surface area contributed by atoms with Gasteiger partial charge in [0, 0.05) is 12.3 Å². The monoisotopic (exact) mass is 251 g/mol. The molecule has 98 valence electrons. The molecule has 4 heteroatoms. The van der Waals surface area contributed by atoms with Crippen LogP contribution in [0.5, 0.6) is 0 Å². The molecule has 0 bridgehead atoms. The van der Waals surface area contributed by atoms with Crippen molar-refractivity contribution in [3.8, 4) is 0 Å². The van der Waals surface area contributed by atoms with Crippen LogP contribution in [0, 0.1) is 11.9 Å². The minimum atomic E-state index is -0.653. The maximum atomic E-state index is 12.9. The quantitative estimate of drug-likeness (QED) is 0.611. The third-order valence-corrected chi connectivity index (χ3v) is 3.58. The average Bonchev–Trinajstić information content (AvgIpc) is 2.39. The van der Waals surface area contributed by atoms with Crippen molar-refractivity contribution in [2.45, 2.75) is 45.1 Å². The van der Waals surface area contributed by atoms with Crippen LogP contribution in [0.4, 0.5) is 4.39 Å². The lowest BCUT2D eigenvalue weighted by atomic mass is 9.85. The van der Waals surface area contributed by atoms with Crippen LogP contribution in [0.1, 0.15) is 49.4 Å². The van der Waals surface area contributed by atoms with Gasteiger partial charge in [0.2, 0.25) is 5.95 Å². The molecule has 0 aliphatic heterocycles. The third kappa shape index (κ3) is 3.06. The van der Waals surface area contributed by atoms with E-state index in [9.17, 15) is 9.18 Å². The fourth-order valence-electron chi connectivity index (χ4n) is 2.53. The van der Waals surface area contributed by atoms with Crippen LogP contribution in [0.25, 0.3) is 0 Å². The summed E-state index contributed by atoms with van der Waals surface area (Å²) in [6.45, 7) is 2.11. The van der Waals surface area contributed by atoms with Gasteiger partial charge in [-0.3, -0.25) is 0 Å². The van der Waals surface area contributed by atoms with Crippen LogP contribution in [-0.4, -0.2) is 17.1 Å². The predicted molar refractivity (Wildman–Crippen MR) is 65.6 cm³/mol. The summed E-state index contributed by atoms with van der Waals surface area (Å²) in [5.41, 5.74) is 0.239. The highest BCUT2D eigenvalue weighted by Gasteiger charge is 2.27. The molecule has 1 saturated carbocycles. The molecule has 2 atom stereocenters. The largest absolute Gasteiger partial charge is 0.458 e. The fourth-order valence-corrected chi connectivity index (χ4v) is 2.53. The van der Waals surface area contributed by atoms with Crippen LogP contribution in [0.3, 0.4) is 0 Å². The van der Waals surface area contributed by atoms with Crippen molar-refractivity contribution in [2.24, 2.45) is 5.92 Å². The number of hydrogen-bond acceptors (Lipinski definition) is 3. The SMILES string of the molecule is CCC1CCCCC1OC(=O)c1ccnc(F)c1. The van der Waals surface area contributed by atoms with Gasteiger partial charge in [0.05, 0.1) is 5.56 Å². The highest BCUT2D eigenvalue weighted by atomic mass is 19.1. The fraction of sp³-hybridized carbons (Fsp3) is 0.571. The number of carbonyl (C=O) groups is 1. The Morgan fingerprint density at radius 1 is 1.50 bits per heavy atom. The Kier molecular flexibility index (Phi) is 4.28. The highest BCUT2D eigenvalue weighted by molar-refractivity contribution is 5.89. The van der Waals surface area contributed by atoms with E-state index in [1.807, 2.05) is 0 Å². The molecule has 3 nitrogen and oxygen atoms in total. The summed E-state index contributed by atoms with van der Waals surface area (Å²) in [5.74, 6) is -0.656. The molecule has 2 rings (SSSR count). The number of pyridine rings is 1. The molecular weight excluding hydrogens is 233 g/mol. The Labute approximate surface area is 106 Å². The first-order valence-corrected chi connectivity index (χ1v) is 6.53. The van der Waals surface area contributed by atoms with E-state index in [2.05, 4.69) is 11.9 Å². The molecule has 1 aromatic rings. The highest BCUT2D eigenvalue weighted by Crippen LogP contribution is 2.29. The number of ether oxygens (including phenoxy) is 1. The second-order valence-corrected chi connectivity index (χ2v) is 4.76. The molecule has 1 aromatic heterocycles. The van der Waals surface area contributed by atoms with E-state index >= 15 is 0 Å². The number of hydrogen-bond donors (Lipinski definition) is 0. The number of rotatable bonds is 3. The van der Waals surface area contributed by atoms with Gasteiger partial charge in [0.25, 0.3) is 0 Å². The molecule has 0 saturated heterocycles. The summed E-state index contributed by atoms with van der Waals surface area (Å²) in [6, 6.07) is 2.60. The zero-order valence-corrected chi connectivity index (χ0v) is 10.6. The molecule has 1 fully saturated rings. The standard InChI is InChI=1S/C14H18FNO2/c1-2-10-5-3-4-6-12(10)18-14(17)11-7-8-16-13(15)9-11/h7-10,12H,2-6H2,1H3. The Morgan fingerprint density at radius 2 is 2.28 bits per heavy atom. The summed E-state index contributed by atoms with van der Waals surface area (Å²) in [4.78, 5) is 15.3. The summed E-state index contributed by atoms with van der Waals surface area (Å²) in [5, 5.41) is 0. The average molecular weight is 251 g/mol. The zero-order chi connectivity index (χ0) is 13.0. The van der Waals surface area contributed by atoms with E-state index in [4.69, 9.17) is 4.74 Å². The number of nitrogens with zero attached hydrogens (tertiary/aromatic N) is 1. The smallest absolute Gasteiger partial charge is 0.338 e. The summed E-state index contributed by atoms with van der Waals surface area (Å²) >= 11 is 0. The Bertz CT molecular complexity index is 422. The van der Waals surface area contributed by atoms with Crippen molar-refractivity contribution in [2.75, 3.05) is 0 Å². The Hall–Kier alpha value is -1.45. The minimum absolute atomic E-state index is 0.0209. The van der Waals surface area contributed by atoms with Gasteiger partial charge >= 0.3 is 5.97 Å². The minimum Gasteiger partial charge on any atom is -0.458 e. The van der Waals surface area contributed by atoms with Crippen LogP contribution >= 0.6 is 0 Å². The lowest BCUT2D eigenvalue weighted by Crippen LogP contribution is -2.29. The lowest BCUT2D eigenvalue weighted by molar-refractivity contribution is 0.000646. The van der Waals surface area contributed by atoms with Crippen molar-refractivity contribution in [3.63, 3.8) is 0 Å². The van der Waals surface area contributed by atoms with Gasteiger partial charge in [-0.15, -0.1) is 0 Å². The zero-order valence-electron chi connectivity index (χ0n) is 10.6. The van der Waals surface area contributed by atoms with Crippen LogP contribution in [0.15, 0.2) is 18.3 Å². The molecule has 0 radical (unpaired) electrons. The van der Waals surface area contributed by atoms with Gasteiger partial charge in [0.15, 0.2) is 0 Å². The van der Waals surface area contributed by atoms with Gasteiger partial charge in [-0.25, -0.2) is 9.78 Å². The number of aromatic nitrogens is 1. The number of esters is 1. The Morgan fingerprint density at radius 3 is 3.00 bits per heavy atom. The van der Waals surface area contributed by atoms with Gasteiger partial charge in [-0.2, -0.15) is 4.39 Å². The van der Waals surface area contributed by atoms with E-state index in [0.717, 1.165) is 31.7 Å². The van der Waals surface area contributed by atoms with Crippen molar-refractivity contribution >= 4 is 5.97 Å². The maximum absolute atomic E-state index is 12.9. The van der Waals surface area contributed by atoms with Crippen LogP contribution < -0.4 is 0 Å². The molecule has 0 spiro atoms. The predicted octanol–water partition coefficient (Wildman–Crippen LogP) is 3.35. The first-order valence-electron chi connectivity index (χ1n) is 6.53. The molecule has 0 N–H and O–H groups in total. The van der Waals surface area contributed by atoms with Crippen molar-refractivity contribution in [1.29, 1.82) is 0 Å². The van der Waals surface area contributed by atoms with Crippen LogP contribution in [-0.2, 0) is 4.74 Å². The van der Waals surface area contributed by atoms with E-state index < -0.39 is 11.9 Å². The molecule has 18 heavy (non-hydrogen) atoms. The maximum Gasteiger partial charge on any atom is 0.338 e. The molecule has 1 heterocycles. The van der Waals surface area contributed by atoms with E-state index in [-0.39, 0.29) is 11.7 Å². The third-order valence-electron chi connectivity index (χ3n) is 3.58. The molecule has 1 aliphatic rings. The second-order valence-electron chi connectivity index (χ2n) is 4.76. The van der Waals surface area contributed by atoms with Crippen LogP contribution in [0.2, 0.25) is 0 Å². The summed E-state index contributed by atoms with van der Waals surface area (Å²) in [7, 11) is 0. The van der Waals surface area contributed by atoms with E-state index in [0.29, 0.717) is 5.92 Å². The Balaban J connectivity index is 2.02. The van der Waals surface area contributed by atoms with Crippen molar-refractivity contribution in [3.05, 3.63) is 29.8 Å². The molecule has 0 amide bonds. The van der Waals surface area contributed by atoms with Gasteiger partial charge in [-0.05, 0) is 37.7 Å². The lowest BCUT2D eigenvalue weighted by Gasteiger charge is -2.30. The van der Waals surface area contributed by atoms with Crippen molar-refractivity contribution in [1.82, 2.24) is 4.98 Å². The number of carbonyl (C=O) groups excluding carboxylic acids is 1. The second kappa shape index (κ2) is 5.94. The topological polar surface area (TPSA) is 39.2 Å². The molecule has 2 unspecified atom stereocenters. The van der Waals surface area contributed by atoms with Gasteiger partial charge in [-0.1, -0.05) is 13.3 Å². The van der Waals surface area contributed by atoms with E-state index in [1.165, 1.54) is 18.7 Å². The molecule has 0 aromatic carbocycles. The van der Waals surface area contributed by atoms with Gasteiger partial charge < -0.3 is 4.74 Å². The molecular formula is C14H18FNO2. The summed E-state index contributed by atoms with van der Waals surface area (Å²) in [6.07, 6.45) is 6.60. The normalized spacial score (nSPS) is 23.7.